The minimum Gasteiger partial charge on any atom is -0.481 e. The summed E-state index contributed by atoms with van der Waals surface area (Å²) >= 11 is 0. The first-order valence-electron chi connectivity index (χ1n) is 4.04. The molecule has 0 fully saturated rings. The second-order valence-electron chi connectivity index (χ2n) is 3.36. The molecule has 1 aromatic heterocycles. The van der Waals surface area contributed by atoms with E-state index in [1.807, 2.05) is 0 Å². The number of hydrogen-bond donors (Lipinski definition) is 2. The zero-order valence-corrected chi connectivity index (χ0v) is 7.70. The molecule has 0 bridgehead atoms. The molecule has 0 amide bonds. The molecule has 0 aliphatic rings. The Balaban J connectivity index is 2.97. The van der Waals surface area contributed by atoms with Gasteiger partial charge in [0.25, 0.3) is 0 Å². The Kier molecular flexibility index (Phi) is 2.81. The summed E-state index contributed by atoms with van der Waals surface area (Å²) in [7, 11) is 0. The standard InChI is InChI=1S/C9H11FN2O2/c1-9(11,5-8(13)14)6-2-3-12-7(10)4-6/h2-4H,5,11H2,1H3,(H,13,14)/t9-/m1/s1. The van der Waals surface area contributed by atoms with E-state index in [4.69, 9.17) is 10.8 Å². The maximum atomic E-state index is 12.7. The van der Waals surface area contributed by atoms with Crippen molar-refractivity contribution in [1.29, 1.82) is 0 Å². The van der Waals surface area contributed by atoms with Crippen LogP contribution in [0, 0.1) is 5.95 Å². The molecule has 4 nitrogen and oxygen atoms in total. The number of halogens is 1. The monoisotopic (exact) mass is 198 g/mol. The minimum atomic E-state index is -1.07. The number of aromatic nitrogens is 1. The van der Waals surface area contributed by atoms with Gasteiger partial charge in [0.1, 0.15) is 0 Å². The quantitative estimate of drug-likeness (QED) is 0.706. The number of nitrogens with zero attached hydrogens (tertiary/aromatic N) is 1. The van der Waals surface area contributed by atoms with E-state index in [1.165, 1.54) is 19.2 Å². The van der Waals surface area contributed by atoms with Crippen molar-refractivity contribution in [3.05, 3.63) is 29.8 Å². The molecule has 14 heavy (non-hydrogen) atoms. The third-order valence-electron chi connectivity index (χ3n) is 1.90. The van der Waals surface area contributed by atoms with Gasteiger partial charge in [0.05, 0.1) is 6.42 Å². The van der Waals surface area contributed by atoms with Crippen LogP contribution in [-0.4, -0.2) is 16.1 Å². The number of aliphatic carboxylic acids is 1. The number of hydrogen-bond acceptors (Lipinski definition) is 3. The maximum Gasteiger partial charge on any atom is 0.305 e. The molecular weight excluding hydrogens is 187 g/mol. The van der Waals surface area contributed by atoms with Gasteiger partial charge < -0.3 is 10.8 Å². The summed E-state index contributed by atoms with van der Waals surface area (Å²) in [5.74, 6) is -1.68. The smallest absolute Gasteiger partial charge is 0.305 e. The lowest BCUT2D eigenvalue weighted by Gasteiger charge is -2.22. The van der Waals surface area contributed by atoms with Crippen LogP contribution in [0.25, 0.3) is 0 Å². The Morgan fingerprint density at radius 3 is 2.93 bits per heavy atom. The first-order valence-corrected chi connectivity index (χ1v) is 4.04. The van der Waals surface area contributed by atoms with Crippen molar-refractivity contribution in [1.82, 2.24) is 4.98 Å². The summed E-state index contributed by atoms with van der Waals surface area (Å²) in [6.07, 6.45) is 1.01. The average molecular weight is 198 g/mol. The van der Waals surface area contributed by atoms with Crippen LogP contribution >= 0.6 is 0 Å². The zero-order chi connectivity index (χ0) is 10.8. The Labute approximate surface area is 80.6 Å². The van der Waals surface area contributed by atoms with Gasteiger partial charge in [0.2, 0.25) is 5.95 Å². The van der Waals surface area contributed by atoms with Crippen molar-refractivity contribution < 1.29 is 14.3 Å². The zero-order valence-electron chi connectivity index (χ0n) is 7.70. The topological polar surface area (TPSA) is 76.2 Å². The first-order chi connectivity index (χ1) is 6.42. The van der Waals surface area contributed by atoms with Gasteiger partial charge in [0, 0.05) is 11.7 Å². The van der Waals surface area contributed by atoms with E-state index in [0.29, 0.717) is 5.56 Å². The molecule has 0 saturated heterocycles. The molecule has 0 saturated carbocycles. The fourth-order valence-corrected chi connectivity index (χ4v) is 1.17. The highest BCUT2D eigenvalue weighted by atomic mass is 19.1. The van der Waals surface area contributed by atoms with Gasteiger partial charge >= 0.3 is 5.97 Å². The molecule has 1 rings (SSSR count). The van der Waals surface area contributed by atoms with Crippen LogP contribution in [0.3, 0.4) is 0 Å². The lowest BCUT2D eigenvalue weighted by molar-refractivity contribution is -0.138. The number of carbonyl (C=O) groups is 1. The maximum absolute atomic E-state index is 12.7. The lowest BCUT2D eigenvalue weighted by Crippen LogP contribution is -2.35. The molecule has 0 aromatic carbocycles. The fourth-order valence-electron chi connectivity index (χ4n) is 1.17. The molecule has 0 aliphatic carbocycles. The number of nitrogens with two attached hydrogens (primary N) is 1. The van der Waals surface area contributed by atoms with Crippen LogP contribution in [0.1, 0.15) is 18.9 Å². The SMILES string of the molecule is C[C@@](N)(CC(=O)O)c1ccnc(F)c1. The van der Waals surface area contributed by atoms with Crippen molar-refractivity contribution in [2.75, 3.05) is 0 Å². The summed E-state index contributed by atoms with van der Waals surface area (Å²) in [5, 5.41) is 8.59. The van der Waals surface area contributed by atoms with E-state index < -0.39 is 17.5 Å². The predicted octanol–water partition coefficient (Wildman–Crippen LogP) is 0.869. The first kappa shape index (κ1) is 10.6. The summed E-state index contributed by atoms with van der Waals surface area (Å²) in [6, 6.07) is 2.65. The van der Waals surface area contributed by atoms with Gasteiger partial charge in [-0.05, 0) is 24.6 Å². The second kappa shape index (κ2) is 3.71. The third-order valence-corrected chi connectivity index (χ3v) is 1.90. The Hall–Kier alpha value is -1.49. The van der Waals surface area contributed by atoms with E-state index >= 15 is 0 Å². The Morgan fingerprint density at radius 2 is 2.43 bits per heavy atom. The van der Waals surface area contributed by atoms with Crippen LogP contribution in [0.2, 0.25) is 0 Å². The second-order valence-corrected chi connectivity index (χ2v) is 3.36. The largest absolute Gasteiger partial charge is 0.481 e. The Morgan fingerprint density at radius 1 is 1.79 bits per heavy atom. The highest BCUT2D eigenvalue weighted by Gasteiger charge is 2.25. The van der Waals surface area contributed by atoms with Crippen LogP contribution in [0.15, 0.2) is 18.3 Å². The van der Waals surface area contributed by atoms with Crippen molar-refractivity contribution in [3.63, 3.8) is 0 Å². The summed E-state index contributed by atoms with van der Waals surface area (Å²) in [5.41, 5.74) is 5.08. The molecule has 76 valence electrons. The van der Waals surface area contributed by atoms with E-state index in [0.717, 1.165) is 6.07 Å². The van der Waals surface area contributed by atoms with E-state index in [-0.39, 0.29) is 6.42 Å². The molecular formula is C9H11FN2O2. The van der Waals surface area contributed by atoms with Crippen LogP contribution in [-0.2, 0) is 10.3 Å². The lowest BCUT2D eigenvalue weighted by atomic mass is 9.91. The summed E-state index contributed by atoms with van der Waals surface area (Å²) in [4.78, 5) is 13.8. The van der Waals surface area contributed by atoms with Crippen LogP contribution in [0.4, 0.5) is 4.39 Å². The minimum absolute atomic E-state index is 0.254. The molecule has 1 atom stereocenters. The van der Waals surface area contributed by atoms with Gasteiger partial charge in [-0.25, -0.2) is 4.98 Å². The number of carboxylic acids is 1. The summed E-state index contributed by atoms with van der Waals surface area (Å²) < 4.78 is 12.7. The normalized spacial score (nSPS) is 14.8. The average Bonchev–Trinajstić information content (AvgIpc) is 2.01. The van der Waals surface area contributed by atoms with Gasteiger partial charge in [-0.3, -0.25) is 4.79 Å². The predicted molar refractivity (Wildman–Crippen MR) is 48.0 cm³/mol. The molecule has 1 aromatic rings. The van der Waals surface area contributed by atoms with Gasteiger partial charge in [-0.2, -0.15) is 4.39 Å². The fraction of sp³-hybridized carbons (Fsp3) is 0.333. The van der Waals surface area contributed by atoms with Crippen molar-refractivity contribution in [2.45, 2.75) is 18.9 Å². The van der Waals surface area contributed by atoms with E-state index in [9.17, 15) is 9.18 Å². The van der Waals surface area contributed by atoms with Crippen LogP contribution < -0.4 is 5.73 Å². The molecule has 0 unspecified atom stereocenters. The summed E-state index contributed by atoms with van der Waals surface area (Å²) in [6.45, 7) is 1.54. The molecule has 0 aliphatic heterocycles. The number of carboxylic acid groups (broad SMARTS) is 1. The van der Waals surface area contributed by atoms with Crippen LogP contribution in [0.5, 0.6) is 0 Å². The Bertz CT molecular complexity index is 352. The molecule has 3 N–H and O–H groups in total. The van der Waals surface area contributed by atoms with E-state index in [2.05, 4.69) is 4.98 Å². The van der Waals surface area contributed by atoms with E-state index in [1.54, 1.807) is 0 Å². The highest BCUT2D eigenvalue weighted by molar-refractivity contribution is 5.68. The van der Waals surface area contributed by atoms with Crippen molar-refractivity contribution in [3.8, 4) is 0 Å². The molecule has 1 heterocycles. The molecule has 0 radical (unpaired) electrons. The molecule has 0 spiro atoms. The third kappa shape index (κ3) is 2.50. The molecule has 5 heteroatoms. The highest BCUT2D eigenvalue weighted by Crippen LogP contribution is 2.21. The van der Waals surface area contributed by atoms with Crippen molar-refractivity contribution in [2.24, 2.45) is 5.73 Å². The number of rotatable bonds is 3. The van der Waals surface area contributed by atoms with Crippen molar-refractivity contribution >= 4 is 5.97 Å². The van der Waals surface area contributed by atoms with Gasteiger partial charge in [-0.15, -0.1) is 0 Å². The number of pyridine rings is 1. The van der Waals surface area contributed by atoms with Gasteiger partial charge in [-0.1, -0.05) is 0 Å². The van der Waals surface area contributed by atoms with Gasteiger partial charge in [0.15, 0.2) is 0 Å².